The molecule has 0 bridgehead atoms. The van der Waals surface area contributed by atoms with Crippen molar-refractivity contribution in [2.24, 2.45) is 0 Å². The molecular formula is C21H22N2O4. The number of carbonyl (C=O) groups excluding carboxylic acids is 2. The normalized spacial score (nSPS) is 16.9. The topological polar surface area (TPSA) is 78.9 Å². The zero-order valence-corrected chi connectivity index (χ0v) is 14.9. The first-order valence-electron chi connectivity index (χ1n) is 8.89. The zero-order chi connectivity index (χ0) is 19.1. The lowest BCUT2D eigenvalue weighted by atomic mass is 10.1. The van der Waals surface area contributed by atoms with Crippen molar-refractivity contribution in [1.82, 2.24) is 10.4 Å². The summed E-state index contributed by atoms with van der Waals surface area (Å²) in [6, 6.07) is 16.6. The molecule has 140 valence electrons. The first kappa shape index (κ1) is 18.7. The fourth-order valence-corrected chi connectivity index (χ4v) is 3.09. The molecule has 2 amide bonds. The molecule has 2 N–H and O–H groups in total. The zero-order valence-electron chi connectivity index (χ0n) is 14.9. The van der Waals surface area contributed by atoms with Gasteiger partial charge in [-0.05, 0) is 37.1 Å². The molecule has 1 aliphatic heterocycles. The van der Waals surface area contributed by atoms with E-state index in [-0.39, 0.29) is 12.0 Å². The van der Waals surface area contributed by atoms with Gasteiger partial charge in [0.1, 0.15) is 11.9 Å². The number of likely N-dealkylation sites (tertiary alicyclic amines) is 1. The molecule has 3 rings (SSSR count). The van der Waals surface area contributed by atoms with E-state index in [0.29, 0.717) is 24.4 Å². The molecule has 6 nitrogen and oxygen atoms in total. The second-order valence-electron chi connectivity index (χ2n) is 6.35. The van der Waals surface area contributed by atoms with E-state index >= 15 is 0 Å². The van der Waals surface area contributed by atoms with Crippen LogP contribution < -0.4 is 10.2 Å². The van der Waals surface area contributed by atoms with Crippen molar-refractivity contribution in [1.29, 1.82) is 0 Å². The van der Waals surface area contributed by atoms with Gasteiger partial charge < -0.3 is 9.64 Å². The van der Waals surface area contributed by atoms with Gasteiger partial charge in [-0.2, -0.15) is 0 Å². The first-order chi connectivity index (χ1) is 13.2. The molecule has 1 fully saturated rings. The van der Waals surface area contributed by atoms with Gasteiger partial charge in [0, 0.05) is 23.7 Å². The van der Waals surface area contributed by atoms with Gasteiger partial charge in [-0.1, -0.05) is 36.4 Å². The fourth-order valence-electron chi connectivity index (χ4n) is 3.09. The van der Waals surface area contributed by atoms with Gasteiger partial charge in [-0.3, -0.25) is 14.8 Å². The Morgan fingerprint density at radius 2 is 1.85 bits per heavy atom. The second-order valence-corrected chi connectivity index (χ2v) is 6.35. The number of benzene rings is 2. The summed E-state index contributed by atoms with van der Waals surface area (Å²) in [7, 11) is 0. The highest BCUT2D eigenvalue weighted by atomic mass is 16.5. The number of para-hydroxylation sites is 1. The highest BCUT2D eigenvalue weighted by molar-refractivity contribution is 5.94. The number of carbonyl (C=O) groups is 2. The van der Waals surface area contributed by atoms with Crippen molar-refractivity contribution in [2.45, 2.75) is 18.9 Å². The molecule has 0 aliphatic carbocycles. The summed E-state index contributed by atoms with van der Waals surface area (Å²) in [5.74, 6) is 0.0392. The summed E-state index contributed by atoms with van der Waals surface area (Å²) >= 11 is 0. The van der Waals surface area contributed by atoms with E-state index in [1.54, 1.807) is 11.6 Å². The van der Waals surface area contributed by atoms with Crippen molar-refractivity contribution in [3.8, 4) is 5.75 Å². The van der Waals surface area contributed by atoms with Gasteiger partial charge in [-0.15, -0.1) is 0 Å². The molecular weight excluding hydrogens is 344 g/mol. The van der Waals surface area contributed by atoms with E-state index in [9.17, 15) is 9.59 Å². The Morgan fingerprint density at radius 3 is 2.63 bits per heavy atom. The number of amides is 2. The van der Waals surface area contributed by atoms with E-state index < -0.39 is 5.91 Å². The summed E-state index contributed by atoms with van der Waals surface area (Å²) in [5, 5.41) is 8.60. The van der Waals surface area contributed by atoms with Crippen LogP contribution in [-0.4, -0.2) is 41.1 Å². The predicted molar refractivity (Wildman–Crippen MR) is 101 cm³/mol. The van der Waals surface area contributed by atoms with E-state index in [4.69, 9.17) is 9.94 Å². The molecule has 1 atom stereocenters. The summed E-state index contributed by atoms with van der Waals surface area (Å²) in [6.07, 6.45) is 4.42. The van der Waals surface area contributed by atoms with Crippen LogP contribution in [0, 0.1) is 0 Å². The minimum Gasteiger partial charge on any atom is -0.488 e. The molecule has 0 radical (unpaired) electrons. The smallest absolute Gasteiger partial charge is 0.267 e. The van der Waals surface area contributed by atoms with Crippen LogP contribution in [-0.2, 0) is 4.79 Å². The van der Waals surface area contributed by atoms with Gasteiger partial charge >= 0.3 is 0 Å². The Labute approximate surface area is 158 Å². The Balaban J connectivity index is 1.69. The monoisotopic (exact) mass is 366 g/mol. The van der Waals surface area contributed by atoms with Crippen LogP contribution in [0.25, 0.3) is 6.08 Å². The number of nitrogens with one attached hydrogen (secondary N) is 1. The molecule has 0 aromatic heterocycles. The minimum absolute atomic E-state index is 0.0108. The lowest BCUT2D eigenvalue weighted by Crippen LogP contribution is -2.44. The van der Waals surface area contributed by atoms with Crippen LogP contribution in [0.2, 0.25) is 0 Å². The third kappa shape index (κ3) is 4.95. The average molecular weight is 366 g/mol. The maximum atomic E-state index is 12.7. The van der Waals surface area contributed by atoms with E-state index in [0.717, 1.165) is 18.4 Å². The SMILES string of the molecule is O=C(C=Cc1ccccc1OC1CCCN(C(=O)c2ccccc2)C1)NO. The average Bonchev–Trinajstić information content (AvgIpc) is 2.73. The highest BCUT2D eigenvalue weighted by Crippen LogP contribution is 2.24. The van der Waals surface area contributed by atoms with Crippen LogP contribution in [0.15, 0.2) is 60.7 Å². The van der Waals surface area contributed by atoms with E-state index in [2.05, 4.69) is 0 Å². The number of nitrogens with zero attached hydrogens (tertiary/aromatic N) is 1. The van der Waals surface area contributed by atoms with E-state index in [1.807, 2.05) is 59.5 Å². The van der Waals surface area contributed by atoms with E-state index in [1.165, 1.54) is 6.08 Å². The molecule has 1 unspecified atom stereocenters. The first-order valence-corrected chi connectivity index (χ1v) is 8.89. The molecule has 1 saturated heterocycles. The maximum absolute atomic E-state index is 12.7. The van der Waals surface area contributed by atoms with Gasteiger partial charge in [0.05, 0.1) is 6.54 Å². The Bertz CT molecular complexity index is 820. The van der Waals surface area contributed by atoms with Gasteiger partial charge in [0.15, 0.2) is 0 Å². The standard InChI is InChI=1S/C21H22N2O4/c24-20(22-26)13-12-16-7-4-5-11-19(16)27-18-10-6-14-23(15-18)21(25)17-8-2-1-3-9-17/h1-5,7-9,11-13,18,26H,6,10,14-15H2,(H,22,24). The lowest BCUT2D eigenvalue weighted by molar-refractivity contribution is -0.124. The highest BCUT2D eigenvalue weighted by Gasteiger charge is 2.26. The molecule has 2 aromatic carbocycles. The lowest BCUT2D eigenvalue weighted by Gasteiger charge is -2.33. The molecule has 6 heteroatoms. The molecule has 1 heterocycles. The predicted octanol–water partition coefficient (Wildman–Crippen LogP) is 2.89. The summed E-state index contributed by atoms with van der Waals surface area (Å²) in [6.45, 7) is 1.23. The number of hydrogen-bond acceptors (Lipinski definition) is 4. The maximum Gasteiger partial charge on any atom is 0.267 e. The number of piperidine rings is 1. The largest absolute Gasteiger partial charge is 0.488 e. The van der Waals surface area contributed by atoms with Crippen LogP contribution in [0.3, 0.4) is 0 Å². The van der Waals surface area contributed by atoms with Crippen molar-refractivity contribution in [3.05, 3.63) is 71.8 Å². The Kier molecular flexibility index (Phi) is 6.22. The molecule has 27 heavy (non-hydrogen) atoms. The molecule has 0 spiro atoms. The summed E-state index contributed by atoms with van der Waals surface area (Å²) in [5.41, 5.74) is 2.97. The van der Waals surface area contributed by atoms with Crippen molar-refractivity contribution in [2.75, 3.05) is 13.1 Å². The third-order valence-corrected chi connectivity index (χ3v) is 4.42. The number of rotatable bonds is 5. The Morgan fingerprint density at radius 1 is 1.11 bits per heavy atom. The van der Waals surface area contributed by atoms with Crippen LogP contribution in [0.1, 0.15) is 28.8 Å². The number of ether oxygens (including phenoxy) is 1. The van der Waals surface area contributed by atoms with Crippen LogP contribution in [0.4, 0.5) is 0 Å². The summed E-state index contributed by atoms with van der Waals surface area (Å²) in [4.78, 5) is 25.7. The van der Waals surface area contributed by atoms with Gasteiger partial charge in [0.2, 0.25) is 0 Å². The van der Waals surface area contributed by atoms with Gasteiger partial charge in [0.25, 0.3) is 11.8 Å². The Hall–Kier alpha value is -3.12. The number of hydroxylamine groups is 1. The fraction of sp³-hybridized carbons (Fsp3) is 0.238. The van der Waals surface area contributed by atoms with Crippen molar-refractivity contribution in [3.63, 3.8) is 0 Å². The summed E-state index contributed by atoms with van der Waals surface area (Å²) < 4.78 is 6.13. The molecule has 1 aliphatic rings. The third-order valence-electron chi connectivity index (χ3n) is 4.42. The van der Waals surface area contributed by atoms with Crippen LogP contribution >= 0.6 is 0 Å². The second kappa shape index (κ2) is 9.00. The van der Waals surface area contributed by atoms with Gasteiger partial charge in [-0.25, -0.2) is 5.48 Å². The molecule has 2 aromatic rings. The quantitative estimate of drug-likeness (QED) is 0.484. The number of hydrogen-bond donors (Lipinski definition) is 2. The van der Waals surface area contributed by atoms with Crippen LogP contribution in [0.5, 0.6) is 5.75 Å². The van der Waals surface area contributed by atoms with Crippen molar-refractivity contribution >= 4 is 17.9 Å². The minimum atomic E-state index is -0.609. The molecule has 0 saturated carbocycles. The van der Waals surface area contributed by atoms with Crippen molar-refractivity contribution < 1.29 is 19.5 Å².